The number of nitrogens with zero attached hydrogens (tertiary/aromatic N) is 3. The van der Waals surface area contributed by atoms with Gasteiger partial charge in [-0.2, -0.15) is 14.9 Å². The van der Waals surface area contributed by atoms with Crippen LogP contribution in [0.5, 0.6) is 17.2 Å². The second-order valence-corrected chi connectivity index (χ2v) is 5.47. The van der Waals surface area contributed by atoms with E-state index in [0.717, 1.165) is 11.1 Å². The summed E-state index contributed by atoms with van der Waals surface area (Å²) in [5.41, 5.74) is 0.541. The summed E-state index contributed by atoms with van der Waals surface area (Å²) in [6.07, 6.45) is 2.34. The van der Waals surface area contributed by atoms with Crippen molar-refractivity contribution in [2.75, 3.05) is 20.8 Å². The average molecular weight is 364 g/mol. The van der Waals surface area contributed by atoms with E-state index in [1.807, 2.05) is 6.92 Å². The largest absolute Gasteiger partial charge is 0.493 e. The van der Waals surface area contributed by atoms with Gasteiger partial charge in [0.1, 0.15) is 5.69 Å². The van der Waals surface area contributed by atoms with Gasteiger partial charge >= 0.3 is 0 Å². The summed E-state index contributed by atoms with van der Waals surface area (Å²) in [4.78, 5) is 12.1. The maximum absolute atomic E-state index is 12.1. The van der Waals surface area contributed by atoms with Gasteiger partial charge in [-0.05, 0) is 37.7 Å². The smallest absolute Gasteiger partial charge is 0.296 e. The molecular formula is C16H20N4O4S. The quantitative estimate of drug-likeness (QED) is 0.599. The topological polar surface area (TPSA) is 90.7 Å². The standard InChI is InChI=1S/C16H20N4O4S/c1-5-6-24-14-12(22-3)7-11(8-13(14)23-4)9-17-20-15(21)10(2)18-19-16(20)25/h7-9H,5-6H2,1-4H3,(H,19,25)/b17-9-. The molecule has 0 saturated carbocycles. The zero-order valence-corrected chi connectivity index (χ0v) is 15.3. The number of methoxy groups -OCH3 is 2. The SMILES string of the molecule is CCCOc1c(OC)cc(/C=N\n2c(=S)[nH]nc(C)c2=O)cc1OC. The molecule has 134 valence electrons. The Balaban J connectivity index is 2.45. The summed E-state index contributed by atoms with van der Waals surface area (Å²) in [6, 6.07) is 3.48. The Morgan fingerprint density at radius 1 is 1.32 bits per heavy atom. The fourth-order valence-corrected chi connectivity index (χ4v) is 2.20. The summed E-state index contributed by atoms with van der Waals surface area (Å²) < 4.78 is 17.6. The molecule has 2 rings (SSSR count). The van der Waals surface area contributed by atoms with Crippen molar-refractivity contribution < 1.29 is 14.2 Å². The van der Waals surface area contributed by atoms with E-state index < -0.39 is 0 Å². The highest BCUT2D eigenvalue weighted by Gasteiger charge is 2.13. The summed E-state index contributed by atoms with van der Waals surface area (Å²) in [5.74, 6) is 1.55. The molecular weight excluding hydrogens is 344 g/mol. The van der Waals surface area contributed by atoms with Gasteiger partial charge in [0.2, 0.25) is 10.5 Å². The first kappa shape index (κ1) is 18.7. The molecule has 0 unspecified atom stereocenters. The third-order valence-corrected chi connectivity index (χ3v) is 3.53. The molecule has 8 nitrogen and oxygen atoms in total. The number of ether oxygens (including phenoxy) is 3. The molecule has 0 fully saturated rings. The number of H-pyrrole nitrogens is 1. The molecule has 0 aliphatic carbocycles. The molecule has 1 aromatic heterocycles. The molecule has 0 saturated heterocycles. The first-order valence-corrected chi connectivity index (χ1v) is 8.04. The van der Waals surface area contributed by atoms with Crippen LogP contribution in [0.3, 0.4) is 0 Å². The molecule has 0 bridgehead atoms. The Kier molecular flexibility index (Phi) is 6.29. The molecule has 1 N–H and O–H groups in total. The maximum Gasteiger partial charge on any atom is 0.296 e. The first-order chi connectivity index (χ1) is 12.0. The molecule has 2 aromatic rings. The van der Waals surface area contributed by atoms with Crippen LogP contribution in [0.2, 0.25) is 0 Å². The van der Waals surface area contributed by atoms with Gasteiger partial charge in [-0.1, -0.05) is 6.92 Å². The van der Waals surface area contributed by atoms with Gasteiger partial charge in [0, 0.05) is 5.56 Å². The molecule has 0 radical (unpaired) electrons. The van der Waals surface area contributed by atoms with E-state index in [1.54, 1.807) is 33.3 Å². The van der Waals surface area contributed by atoms with E-state index in [-0.39, 0.29) is 16.0 Å². The summed E-state index contributed by atoms with van der Waals surface area (Å²) in [6.45, 7) is 4.13. The van der Waals surface area contributed by atoms with Crippen LogP contribution in [-0.2, 0) is 0 Å². The Labute approximate surface area is 150 Å². The fraction of sp³-hybridized carbons (Fsp3) is 0.375. The molecule has 0 aliphatic heterocycles. The monoisotopic (exact) mass is 364 g/mol. The number of hydrogen-bond acceptors (Lipinski definition) is 7. The third-order valence-electron chi connectivity index (χ3n) is 3.27. The lowest BCUT2D eigenvalue weighted by Gasteiger charge is -2.14. The number of aryl methyl sites for hydroxylation is 1. The number of rotatable bonds is 7. The Bertz CT molecular complexity index is 863. The van der Waals surface area contributed by atoms with Gasteiger partial charge in [-0.3, -0.25) is 9.89 Å². The van der Waals surface area contributed by atoms with E-state index in [0.29, 0.717) is 29.4 Å². The van der Waals surface area contributed by atoms with Crippen LogP contribution >= 0.6 is 12.2 Å². The molecule has 25 heavy (non-hydrogen) atoms. The second-order valence-electron chi connectivity index (χ2n) is 5.08. The van der Waals surface area contributed by atoms with Crippen LogP contribution in [-0.4, -0.2) is 41.9 Å². The van der Waals surface area contributed by atoms with Crippen molar-refractivity contribution >= 4 is 18.4 Å². The summed E-state index contributed by atoms with van der Waals surface area (Å²) in [7, 11) is 3.09. The van der Waals surface area contributed by atoms with Crippen molar-refractivity contribution in [1.29, 1.82) is 0 Å². The van der Waals surface area contributed by atoms with Gasteiger partial charge in [-0.15, -0.1) is 0 Å². The minimum absolute atomic E-state index is 0.105. The molecule has 1 aromatic carbocycles. The van der Waals surface area contributed by atoms with Crippen LogP contribution in [0.25, 0.3) is 0 Å². The predicted octanol–water partition coefficient (Wildman–Crippen LogP) is 2.30. The van der Waals surface area contributed by atoms with Crippen molar-refractivity contribution in [3.63, 3.8) is 0 Å². The molecule has 1 heterocycles. The van der Waals surface area contributed by atoms with Crippen molar-refractivity contribution in [1.82, 2.24) is 14.9 Å². The minimum Gasteiger partial charge on any atom is -0.493 e. The first-order valence-electron chi connectivity index (χ1n) is 7.63. The lowest BCUT2D eigenvalue weighted by Crippen LogP contribution is -2.22. The molecule has 0 spiro atoms. The second kappa shape index (κ2) is 8.43. The average Bonchev–Trinajstić information content (AvgIpc) is 2.62. The van der Waals surface area contributed by atoms with E-state index in [1.165, 1.54) is 6.21 Å². The van der Waals surface area contributed by atoms with Crippen molar-refractivity contribution in [3.05, 3.63) is 38.5 Å². The van der Waals surface area contributed by atoms with Crippen LogP contribution < -0.4 is 19.8 Å². The highest BCUT2D eigenvalue weighted by atomic mass is 32.1. The fourth-order valence-electron chi connectivity index (χ4n) is 2.02. The van der Waals surface area contributed by atoms with Gasteiger partial charge in [0.05, 0.1) is 27.0 Å². The van der Waals surface area contributed by atoms with E-state index in [2.05, 4.69) is 15.3 Å². The third kappa shape index (κ3) is 4.24. The number of aromatic nitrogens is 3. The van der Waals surface area contributed by atoms with Gasteiger partial charge in [-0.25, -0.2) is 0 Å². The summed E-state index contributed by atoms with van der Waals surface area (Å²) >= 11 is 5.04. The maximum atomic E-state index is 12.1. The van der Waals surface area contributed by atoms with E-state index >= 15 is 0 Å². The van der Waals surface area contributed by atoms with Gasteiger partial charge < -0.3 is 14.2 Å². The number of aromatic amines is 1. The lowest BCUT2D eigenvalue weighted by molar-refractivity contribution is 0.275. The van der Waals surface area contributed by atoms with Crippen molar-refractivity contribution in [2.24, 2.45) is 5.10 Å². The van der Waals surface area contributed by atoms with Crippen molar-refractivity contribution in [3.8, 4) is 17.2 Å². The van der Waals surface area contributed by atoms with Crippen molar-refractivity contribution in [2.45, 2.75) is 20.3 Å². The number of hydrogen-bond donors (Lipinski definition) is 1. The number of nitrogens with one attached hydrogen (secondary N) is 1. The zero-order chi connectivity index (χ0) is 18.4. The van der Waals surface area contributed by atoms with Crippen LogP contribution in [0.15, 0.2) is 22.0 Å². The Morgan fingerprint density at radius 3 is 2.52 bits per heavy atom. The molecule has 0 aliphatic rings. The van der Waals surface area contributed by atoms with E-state index in [9.17, 15) is 4.79 Å². The Morgan fingerprint density at radius 2 is 1.96 bits per heavy atom. The summed E-state index contributed by atoms with van der Waals surface area (Å²) in [5, 5.41) is 10.5. The highest BCUT2D eigenvalue weighted by molar-refractivity contribution is 7.71. The minimum atomic E-state index is -0.387. The number of benzene rings is 1. The highest BCUT2D eigenvalue weighted by Crippen LogP contribution is 2.38. The lowest BCUT2D eigenvalue weighted by atomic mass is 10.2. The van der Waals surface area contributed by atoms with Crippen LogP contribution in [0.1, 0.15) is 24.6 Å². The predicted molar refractivity (Wildman–Crippen MR) is 96.7 cm³/mol. The zero-order valence-electron chi connectivity index (χ0n) is 14.5. The van der Waals surface area contributed by atoms with Gasteiger partial charge in [0.25, 0.3) is 5.56 Å². The van der Waals surface area contributed by atoms with Crippen LogP contribution in [0, 0.1) is 11.7 Å². The van der Waals surface area contributed by atoms with E-state index in [4.69, 9.17) is 26.4 Å². The van der Waals surface area contributed by atoms with Gasteiger partial charge in [0.15, 0.2) is 11.5 Å². The molecule has 0 atom stereocenters. The molecule has 0 amide bonds. The molecule has 9 heteroatoms. The normalized spacial score (nSPS) is 10.9. The van der Waals surface area contributed by atoms with Crippen LogP contribution in [0.4, 0.5) is 0 Å². The Hall–Kier alpha value is -2.68.